The zero-order valence-electron chi connectivity index (χ0n) is 16.3. The van der Waals surface area contributed by atoms with Crippen molar-refractivity contribution in [1.29, 1.82) is 0 Å². The largest absolute Gasteiger partial charge is 0.416 e. The molecule has 5 nitrogen and oxygen atoms in total. The lowest BCUT2D eigenvalue weighted by Gasteiger charge is -2.45. The number of fused-ring (bicyclic) bond motifs is 3. The lowest BCUT2D eigenvalue weighted by molar-refractivity contribution is -0.149. The predicted octanol–water partition coefficient (Wildman–Crippen LogP) is 3.78. The van der Waals surface area contributed by atoms with Crippen LogP contribution in [0.4, 0.5) is 18.9 Å². The molecule has 4 atom stereocenters. The topological polar surface area (TPSA) is 76.4 Å². The number of carbonyl (C=O) groups excluding carboxylic acids is 1. The number of carbonyl (C=O) groups is 1. The molecule has 4 rings (SSSR count). The van der Waals surface area contributed by atoms with Crippen LogP contribution >= 0.6 is 0 Å². The Labute approximate surface area is 172 Å². The molecule has 8 heteroatoms. The number of rotatable bonds is 4. The highest BCUT2D eigenvalue weighted by Crippen LogP contribution is 2.51. The van der Waals surface area contributed by atoms with Gasteiger partial charge in [0.15, 0.2) is 0 Å². The van der Waals surface area contributed by atoms with E-state index >= 15 is 0 Å². The number of alkyl halides is 3. The second-order valence-corrected chi connectivity index (χ2v) is 7.70. The van der Waals surface area contributed by atoms with Gasteiger partial charge < -0.3 is 21.1 Å². The van der Waals surface area contributed by atoms with Gasteiger partial charge in [0.2, 0.25) is 5.91 Å². The second-order valence-electron chi connectivity index (χ2n) is 7.70. The van der Waals surface area contributed by atoms with Crippen molar-refractivity contribution in [2.24, 2.45) is 11.7 Å². The molecule has 2 aliphatic heterocycles. The van der Waals surface area contributed by atoms with Crippen LogP contribution in [0.15, 0.2) is 48.5 Å². The lowest BCUT2D eigenvalue weighted by Crippen LogP contribution is -2.45. The molecule has 0 spiro atoms. The monoisotopic (exact) mass is 419 g/mol. The fraction of sp³-hybridized carbons (Fsp3) is 0.409. The highest BCUT2D eigenvalue weighted by Gasteiger charge is 2.44. The molecule has 0 aliphatic carbocycles. The van der Waals surface area contributed by atoms with Crippen LogP contribution in [0.25, 0.3) is 0 Å². The van der Waals surface area contributed by atoms with Crippen molar-refractivity contribution in [3.63, 3.8) is 0 Å². The number of anilines is 1. The maximum atomic E-state index is 13.3. The highest BCUT2D eigenvalue weighted by molar-refractivity contribution is 5.81. The van der Waals surface area contributed by atoms with E-state index in [1.807, 2.05) is 30.3 Å². The third-order valence-corrected chi connectivity index (χ3v) is 5.78. The van der Waals surface area contributed by atoms with Crippen molar-refractivity contribution in [1.82, 2.24) is 5.32 Å². The van der Waals surface area contributed by atoms with E-state index in [9.17, 15) is 18.0 Å². The first-order chi connectivity index (χ1) is 14.4. The highest BCUT2D eigenvalue weighted by atomic mass is 19.4. The van der Waals surface area contributed by atoms with Crippen molar-refractivity contribution in [3.8, 4) is 0 Å². The first-order valence-corrected chi connectivity index (χ1v) is 10.0. The zero-order valence-corrected chi connectivity index (χ0v) is 16.3. The lowest BCUT2D eigenvalue weighted by atomic mass is 9.76. The summed E-state index contributed by atoms with van der Waals surface area (Å²) in [6.45, 7) is 0.637. The molecule has 2 heterocycles. The molecular formula is C22H24F3N3O2. The molecule has 0 radical (unpaired) electrons. The van der Waals surface area contributed by atoms with Crippen molar-refractivity contribution < 1.29 is 22.7 Å². The van der Waals surface area contributed by atoms with E-state index < -0.39 is 23.9 Å². The van der Waals surface area contributed by atoms with E-state index in [0.29, 0.717) is 37.2 Å². The third kappa shape index (κ3) is 4.02. The summed E-state index contributed by atoms with van der Waals surface area (Å²) < 4.78 is 46.1. The minimum atomic E-state index is -4.45. The summed E-state index contributed by atoms with van der Waals surface area (Å²) in [5.41, 5.74) is 6.80. The first-order valence-electron chi connectivity index (χ1n) is 10.0. The smallest absolute Gasteiger partial charge is 0.378 e. The minimum Gasteiger partial charge on any atom is -0.378 e. The maximum Gasteiger partial charge on any atom is 0.416 e. The maximum absolute atomic E-state index is 13.3. The van der Waals surface area contributed by atoms with Gasteiger partial charge in [-0.2, -0.15) is 13.2 Å². The van der Waals surface area contributed by atoms with Crippen LogP contribution in [0.5, 0.6) is 0 Å². The SMILES string of the molecule is NCCNC(=O)[C@H]1CC[C@@H]2[C@H](O1)c1cc(C(F)(F)F)ccc1N[C@H]2c1ccccc1. The Morgan fingerprint density at radius 3 is 2.63 bits per heavy atom. The number of amides is 1. The number of nitrogens with two attached hydrogens (primary N) is 1. The Balaban J connectivity index is 1.70. The predicted molar refractivity (Wildman–Crippen MR) is 107 cm³/mol. The Bertz CT molecular complexity index is 904. The standard InChI is InChI=1S/C22H24F3N3O2/c23-22(24,25)14-6-8-17-16(12-14)20-15(19(28-17)13-4-2-1-3-5-13)7-9-18(30-20)21(29)27-11-10-26/h1-6,8,12,15,18-20,28H,7,9-11,26H2,(H,27,29)/t15-,18+,19-,20-/m0/s1. The average molecular weight is 419 g/mol. The van der Waals surface area contributed by atoms with E-state index in [2.05, 4.69) is 10.6 Å². The number of halogens is 3. The van der Waals surface area contributed by atoms with Gasteiger partial charge in [-0.25, -0.2) is 0 Å². The molecular weight excluding hydrogens is 395 g/mol. The summed E-state index contributed by atoms with van der Waals surface area (Å²) in [5, 5.41) is 6.12. The molecule has 2 aromatic carbocycles. The van der Waals surface area contributed by atoms with E-state index in [1.54, 1.807) is 0 Å². The van der Waals surface area contributed by atoms with Gasteiger partial charge in [0.25, 0.3) is 0 Å². The fourth-order valence-electron chi connectivity index (χ4n) is 4.36. The van der Waals surface area contributed by atoms with Crippen molar-refractivity contribution >= 4 is 11.6 Å². The average Bonchev–Trinajstić information content (AvgIpc) is 2.76. The number of ether oxygens (including phenoxy) is 1. The number of hydrogen-bond acceptors (Lipinski definition) is 4. The molecule has 160 valence electrons. The van der Waals surface area contributed by atoms with E-state index in [1.165, 1.54) is 6.07 Å². The fourth-order valence-corrected chi connectivity index (χ4v) is 4.36. The quantitative estimate of drug-likeness (QED) is 0.705. The zero-order chi connectivity index (χ0) is 21.3. The minimum absolute atomic E-state index is 0.0954. The molecule has 0 bridgehead atoms. The molecule has 1 saturated heterocycles. The molecule has 30 heavy (non-hydrogen) atoms. The van der Waals surface area contributed by atoms with Gasteiger partial charge in [-0.05, 0) is 36.6 Å². The van der Waals surface area contributed by atoms with Gasteiger partial charge in [-0.3, -0.25) is 4.79 Å². The summed E-state index contributed by atoms with van der Waals surface area (Å²) in [6.07, 6.45) is -4.64. The van der Waals surface area contributed by atoms with Crippen molar-refractivity contribution in [3.05, 3.63) is 65.2 Å². The van der Waals surface area contributed by atoms with Crippen molar-refractivity contribution in [2.45, 2.75) is 37.3 Å². The Hall–Kier alpha value is -2.58. The van der Waals surface area contributed by atoms with E-state index in [4.69, 9.17) is 10.5 Å². The summed E-state index contributed by atoms with van der Waals surface area (Å²) in [7, 11) is 0. The van der Waals surface area contributed by atoms with Gasteiger partial charge >= 0.3 is 6.18 Å². The Morgan fingerprint density at radius 2 is 1.93 bits per heavy atom. The summed E-state index contributed by atoms with van der Waals surface area (Å²) >= 11 is 0. The molecule has 1 amide bonds. The third-order valence-electron chi connectivity index (χ3n) is 5.78. The summed E-state index contributed by atoms with van der Waals surface area (Å²) in [4.78, 5) is 12.4. The summed E-state index contributed by atoms with van der Waals surface area (Å²) in [5.74, 6) is -0.371. The molecule has 4 N–H and O–H groups in total. The Morgan fingerprint density at radius 1 is 1.17 bits per heavy atom. The van der Waals surface area contributed by atoms with Crippen molar-refractivity contribution in [2.75, 3.05) is 18.4 Å². The van der Waals surface area contributed by atoms with Crippen LogP contribution < -0.4 is 16.4 Å². The normalized spacial score (nSPS) is 25.6. The van der Waals surface area contributed by atoms with Gasteiger partial charge in [0.1, 0.15) is 6.10 Å². The Kier molecular flexibility index (Phi) is 5.71. The van der Waals surface area contributed by atoms with E-state index in [0.717, 1.165) is 17.7 Å². The molecule has 0 saturated carbocycles. The van der Waals surface area contributed by atoms with E-state index in [-0.39, 0.29) is 17.9 Å². The molecule has 2 aromatic rings. The molecule has 2 aliphatic rings. The first kappa shape index (κ1) is 20.7. The molecule has 0 aromatic heterocycles. The van der Waals surface area contributed by atoms with Crippen LogP contribution in [0, 0.1) is 5.92 Å². The van der Waals surface area contributed by atoms with Crippen LogP contribution in [-0.4, -0.2) is 25.1 Å². The second kappa shape index (κ2) is 8.28. The number of hydrogen-bond donors (Lipinski definition) is 3. The number of benzene rings is 2. The van der Waals surface area contributed by atoms with Crippen LogP contribution in [-0.2, 0) is 15.7 Å². The summed E-state index contributed by atoms with van der Waals surface area (Å²) in [6, 6.07) is 13.3. The van der Waals surface area contributed by atoms with Crippen LogP contribution in [0.2, 0.25) is 0 Å². The number of nitrogens with one attached hydrogen (secondary N) is 2. The molecule has 0 unspecified atom stereocenters. The van der Waals surface area contributed by atoms with Crippen LogP contribution in [0.3, 0.4) is 0 Å². The van der Waals surface area contributed by atoms with Crippen LogP contribution in [0.1, 0.15) is 41.7 Å². The van der Waals surface area contributed by atoms with Gasteiger partial charge in [-0.15, -0.1) is 0 Å². The molecule has 1 fully saturated rings. The van der Waals surface area contributed by atoms with Gasteiger partial charge in [-0.1, -0.05) is 30.3 Å². The van der Waals surface area contributed by atoms with Gasteiger partial charge in [0.05, 0.1) is 17.7 Å². The van der Waals surface area contributed by atoms with Gasteiger partial charge in [0, 0.05) is 30.3 Å².